The van der Waals surface area contributed by atoms with Gasteiger partial charge in [0.25, 0.3) is 0 Å². The molecule has 6 N–H and O–H groups in total. The van der Waals surface area contributed by atoms with E-state index in [0.29, 0.717) is 11.4 Å². The van der Waals surface area contributed by atoms with Crippen molar-refractivity contribution in [1.29, 1.82) is 0 Å². The molecule has 0 radical (unpaired) electrons. The van der Waals surface area contributed by atoms with E-state index in [1.807, 2.05) is 17.6 Å². The minimum atomic E-state index is -0.773. The van der Waals surface area contributed by atoms with Crippen molar-refractivity contribution < 1.29 is 9.90 Å². The van der Waals surface area contributed by atoms with Crippen LogP contribution < -0.4 is 17.0 Å². The minimum Gasteiger partial charge on any atom is -0.481 e. The summed E-state index contributed by atoms with van der Waals surface area (Å²) in [6.07, 6.45) is 0.730. The third-order valence-electron chi connectivity index (χ3n) is 1.68. The van der Waals surface area contributed by atoms with Crippen LogP contribution in [0.3, 0.4) is 0 Å². The van der Waals surface area contributed by atoms with Gasteiger partial charge in [-0.1, -0.05) is 23.7 Å². The van der Waals surface area contributed by atoms with Gasteiger partial charge >= 0.3 is 5.97 Å². The Morgan fingerprint density at radius 1 is 1.41 bits per heavy atom. The number of hydrogen-bond acceptors (Lipinski definition) is 3. The predicted octanol–water partition coefficient (Wildman–Crippen LogP) is 1.05. The second-order valence-corrected chi connectivity index (χ2v) is 3.91. The Morgan fingerprint density at radius 2 is 1.88 bits per heavy atom. The Hall–Kier alpha value is -1.37. The van der Waals surface area contributed by atoms with Crippen LogP contribution >= 0.6 is 23.8 Å². The highest BCUT2D eigenvalue weighted by atomic mass is 35.5. The van der Waals surface area contributed by atoms with Crippen LogP contribution in [0.5, 0.6) is 0 Å². The second kappa shape index (κ2) is 8.74. The zero-order valence-electron chi connectivity index (χ0n) is 9.02. The topological polar surface area (TPSA) is 101 Å². The summed E-state index contributed by atoms with van der Waals surface area (Å²) in [5, 5.41) is 9.19. The van der Waals surface area contributed by atoms with Crippen molar-refractivity contribution in [2.75, 3.05) is 0 Å². The first-order chi connectivity index (χ1) is 7.95. The third-order valence-corrected chi connectivity index (χ3v) is 2.05. The molecule has 17 heavy (non-hydrogen) atoms. The van der Waals surface area contributed by atoms with Gasteiger partial charge in [0.15, 0.2) is 5.11 Å². The van der Waals surface area contributed by atoms with Crippen molar-refractivity contribution in [2.45, 2.75) is 12.8 Å². The molecule has 0 aliphatic carbocycles. The molecule has 0 saturated carbocycles. The van der Waals surface area contributed by atoms with E-state index >= 15 is 0 Å². The van der Waals surface area contributed by atoms with Gasteiger partial charge in [0.05, 0.1) is 0 Å². The number of hydrogen-bond donors (Lipinski definition) is 4. The lowest BCUT2D eigenvalue weighted by molar-refractivity contribution is -0.136. The predicted molar refractivity (Wildman–Crippen MR) is 71.5 cm³/mol. The zero-order valence-corrected chi connectivity index (χ0v) is 10.6. The van der Waals surface area contributed by atoms with Gasteiger partial charge < -0.3 is 16.3 Å². The quantitative estimate of drug-likeness (QED) is 0.374. The number of rotatable bonds is 3. The van der Waals surface area contributed by atoms with Gasteiger partial charge in [-0.15, -0.1) is 0 Å². The summed E-state index contributed by atoms with van der Waals surface area (Å²) in [7, 11) is 0. The Balaban J connectivity index is 0.000000437. The van der Waals surface area contributed by atoms with Crippen LogP contribution in [0.4, 0.5) is 0 Å². The fourth-order valence-corrected chi connectivity index (χ4v) is 1.03. The number of carboxylic acids is 1. The second-order valence-electron chi connectivity index (χ2n) is 3.03. The van der Waals surface area contributed by atoms with Crippen LogP contribution in [0, 0.1) is 0 Å². The highest BCUT2D eigenvalue weighted by molar-refractivity contribution is 7.80. The smallest absolute Gasteiger partial charge is 0.303 e. The SMILES string of the molecule is NNC(N)=S.O=C(O)CCc1ccc(Cl)cc1. The van der Waals surface area contributed by atoms with Crippen LogP contribution in [0.25, 0.3) is 0 Å². The lowest BCUT2D eigenvalue weighted by atomic mass is 10.1. The summed E-state index contributed by atoms with van der Waals surface area (Å²) in [6.45, 7) is 0. The fourth-order valence-electron chi connectivity index (χ4n) is 0.902. The average Bonchev–Trinajstić information content (AvgIpc) is 2.29. The first kappa shape index (κ1) is 15.6. The first-order valence-corrected chi connectivity index (χ1v) is 5.46. The maximum absolute atomic E-state index is 10.2. The van der Waals surface area contributed by atoms with E-state index in [9.17, 15) is 4.79 Å². The van der Waals surface area contributed by atoms with Crippen LogP contribution in [0.2, 0.25) is 5.02 Å². The molecule has 0 heterocycles. The van der Waals surface area contributed by atoms with Crippen molar-refractivity contribution in [3.8, 4) is 0 Å². The number of carbonyl (C=O) groups is 1. The normalized spacial score (nSPS) is 8.82. The van der Waals surface area contributed by atoms with Gasteiger partial charge in [0.1, 0.15) is 0 Å². The van der Waals surface area contributed by atoms with Crippen LogP contribution in [0.1, 0.15) is 12.0 Å². The molecule has 7 heteroatoms. The molecule has 0 unspecified atom stereocenters. The average molecular weight is 276 g/mol. The molecule has 5 nitrogen and oxygen atoms in total. The summed E-state index contributed by atoms with van der Waals surface area (Å²) in [4.78, 5) is 10.2. The molecule has 0 fully saturated rings. The number of aryl methyl sites for hydroxylation is 1. The molecule has 1 rings (SSSR count). The lowest BCUT2D eigenvalue weighted by Crippen LogP contribution is -2.34. The van der Waals surface area contributed by atoms with E-state index in [4.69, 9.17) is 22.4 Å². The Bertz CT molecular complexity index is 370. The van der Waals surface area contributed by atoms with Crippen molar-refractivity contribution in [3.05, 3.63) is 34.9 Å². The van der Waals surface area contributed by atoms with E-state index in [2.05, 4.69) is 18.1 Å². The molecule has 1 aromatic rings. The summed E-state index contributed by atoms with van der Waals surface area (Å²) in [5.41, 5.74) is 7.83. The highest BCUT2D eigenvalue weighted by Crippen LogP contribution is 2.10. The number of nitrogens with one attached hydrogen (secondary N) is 1. The molecule has 0 atom stereocenters. The fraction of sp³-hybridized carbons (Fsp3) is 0.200. The summed E-state index contributed by atoms with van der Waals surface area (Å²) < 4.78 is 0. The summed E-state index contributed by atoms with van der Waals surface area (Å²) in [6, 6.07) is 7.20. The maximum Gasteiger partial charge on any atom is 0.303 e. The molecule has 0 aliphatic heterocycles. The largest absolute Gasteiger partial charge is 0.481 e. The molecule has 0 amide bonds. The van der Waals surface area contributed by atoms with E-state index in [1.165, 1.54) is 0 Å². The van der Waals surface area contributed by atoms with E-state index in [0.717, 1.165) is 5.56 Å². The van der Waals surface area contributed by atoms with Crippen molar-refractivity contribution in [1.82, 2.24) is 5.43 Å². The number of halogens is 1. The monoisotopic (exact) mass is 275 g/mol. The van der Waals surface area contributed by atoms with Gasteiger partial charge in [-0.2, -0.15) is 0 Å². The van der Waals surface area contributed by atoms with Crippen molar-refractivity contribution in [3.63, 3.8) is 0 Å². The molecular weight excluding hydrogens is 262 g/mol. The van der Waals surface area contributed by atoms with Gasteiger partial charge in [-0.3, -0.25) is 4.79 Å². The Morgan fingerprint density at radius 3 is 2.24 bits per heavy atom. The Labute approximate surface area is 110 Å². The number of nitrogens with two attached hydrogens (primary N) is 2. The molecular formula is C10H14ClN3O2S. The van der Waals surface area contributed by atoms with E-state index < -0.39 is 5.97 Å². The minimum absolute atomic E-state index is 0.116. The number of aliphatic carboxylic acids is 1. The molecule has 0 aliphatic rings. The van der Waals surface area contributed by atoms with E-state index in [1.54, 1.807) is 12.1 Å². The van der Waals surface area contributed by atoms with Crippen LogP contribution in [0.15, 0.2) is 24.3 Å². The van der Waals surface area contributed by atoms with Gasteiger partial charge in [0, 0.05) is 11.4 Å². The number of hydrazine groups is 1. The van der Waals surface area contributed by atoms with Crippen LogP contribution in [-0.2, 0) is 11.2 Å². The number of carboxylic acid groups (broad SMARTS) is 1. The molecule has 0 aromatic heterocycles. The lowest BCUT2D eigenvalue weighted by Gasteiger charge is -1.97. The van der Waals surface area contributed by atoms with Crippen molar-refractivity contribution >= 4 is 34.9 Å². The summed E-state index contributed by atoms with van der Waals surface area (Å²) >= 11 is 9.90. The Kier molecular flexibility index (Phi) is 8.04. The summed E-state index contributed by atoms with van der Waals surface area (Å²) in [5.74, 6) is 3.88. The van der Waals surface area contributed by atoms with Gasteiger partial charge in [-0.05, 0) is 36.3 Å². The first-order valence-electron chi connectivity index (χ1n) is 4.68. The molecule has 0 spiro atoms. The van der Waals surface area contributed by atoms with Crippen LogP contribution in [-0.4, -0.2) is 16.2 Å². The molecule has 1 aromatic carbocycles. The van der Waals surface area contributed by atoms with Crippen molar-refractivity contribution in [2.24, 2.45) is 11.6 Å². The highest BCUT2D eigenvalue weighted by Gasteiger charge is 1.98. The zero-order chi connectivity index (χ0) is 13.3. The van der Waals surface area contributed by atoms with Gasteiger partial charge in [-0.25, -0.2) is 5.84 Å². The molecule has 0 bridgehead atoms. The van der Waals surface area contributed by atoms with Gasteiger partial charge in [0.2, 0.25) is 0 Å². The number of benzene rings is 1. The molecule has 94 valence electrons. The standard InChI is InChI=1S/C9H9ClO2.CH5N3S/c10-8-4-1-7(2-5-8)3-6-9(11)12;2-1(5)4-3/h1-2,4-5H,3,6H2,(H,11,12);3H2,(H3,2,4,5). The van der Waals surface area contributed by atoms with E-state index in [-0.39, 0.29) is 11.5 Å². The molecule has 0 saturated heterocycles. The third kappa shape index (κ3) is 9.55. The maximum atomic E-state index is 10.2. The number of thiocarbonyl (C=S) groups is 1.